The molecule has 0 saturated carbocycles. The maximum absolute atomic E-state index is 12.4. The number of hydrogen-bond donors (Lipinski definition) is 2. The second-order valence-electron chi connectivity index (χ2n) is 8.72. The predicted octanol–water partition coefficient (Wildman–Crippen LogP) is 1.47. The number of carbonyl (C=O) groups excluding carboxylic acids is 1. The number of aromatic nitrogens is 1. The van der Waals surface area contributed by atoms with E-state index in [1.165, 1.54) is 6.92 Å². The molecule has 0 saturated heterocycles. The molecule has 8 nitrogen and oxygen atoms in total. The minimum atomic E-state index is -1.15. The fraction of sp³-hybridized carbons (Fsp3) is 0.667. The summed E-state index contributed by atoms with van der Waals surface area (Å²) < 4.78 is 11.5. The highest BCUT2D eigenvalue weighted by atomic mass is 16.5. The molecule has 1 aliphatic heterocycles. The monoisotopic (exact) mass is 449 g/mol. The molecule has 1 aromatic rings. The van der Waals surface area contributed by atoms with Crippen LogP contribution in [0.3, 0.4) is 0 Å². The van der Waals surface area contributed by atoms with Crippen LogP contribution >= 0.6 is 0 Å². The number of carbonyl (C=O) groups is 1. The molecule has 1 amide bonds. The Balaban J connectivity index is 2.14. The minimum Gasteiger partial charge on any atom is -0.388 e. The van der Waals surface area contributed by atoms with Crippen LogP contribution in [0.15, 0.2) is 36.7 Å². The van der Waals surface area contributed by atoms with Gasteiger partial charge in [0.15, 0.2) is 0 Å². The Bertz CT molecular complexity index is 685. The van der Waals surface area contributed by atoms with Crippen molar-refractivity contribution in [3.05, 3.63) is 42.2 Å². The highest BCUT2D eigenvalue weighted by Gasteiger charge is 2.30. The van der Waals surface area contributed by atoms with Crippen LogP contribution in [0.2, 0.25) is 0 Å². The lowest BCUT2D eigenvalue weighted by Gasteiger charge is -2.33. The van der Waals surface area contributed by atoms with Crippen LogP contribution < -0.4 is 0 Å². The topological polar surface area (TPSA) is 95.4 Å². The molecular formula is C24H39N3O5. The average molecular weight is 450 g/mol. The van der Waals surface area contributed by atoms with Gasteiger partial charge in [0.2, 0.25) is 5.91 Å². The first kappa shape index (κ1) is 26.4. The largest absolute Gasteiger partial charge is 0.388 e. The maximum Gasteiger partial charge on any atom is 0.219 e. The van der Waals surface area contributed by atoms with Crippen LogP contribution in [-0.2, 0) is 20.8 Å². The van der Waals surface area contributed by atoms with Gasteiger partial charge in [-0.1, -0.05) is 32.1 Å². The lowest BCUT2D eigenvalue weighted by molar-refractivity contribution is -0.139. The molecule has 0 fully saturated rings. The van der Waals surface area contributed by atoms with E-state index < -0.39 is 18.3 Å². The Labute approximate surface area is 191 Å². The zero-order valence-electron chi connectivity index (χ0n) is 19.6. The second kappa shape index (κ2) is 14.3. The van der Waals surface area contributed by atoms with Crippen LogP contribution in [0.5, 0.6) is 0 Å². The molecule has 1 aliphatic rings. The summed E-state index contributed by atoms with van der Waals surface area (Å²) in [5.74, 6) is 0.361. The maximum atomic E-state index is 12.4. The van der Waals surface area contributed by atoms with Crippen molar-refractivity contribution in [3.63, 3.8) is 0 Å². The summed E-state index contributed by atoms with van der Waals surface area (Å²) in [5, 5.41) is 21.1. The van der Waals surface area contributed by atoms with E-state index in [4.69, 9.17) is 9.47 Å². The van der Waals surface area contributed by atoms with Crippen LogP contribution in [0.4, 0.5) is 0 Å². The molecule has 8 heteroatoms. The molecule has 1 aromatic heterocycles. The van der Waals surface area contributed by atoms with Crippen LogP contribution in [-0.4, -0.2) is 95.2 Å². The van der Waals surface area contributed by atoms with Gasteiger partial charge in [-0.3, -0.25) is 14.7 Å². The zero-order chi connectivity index (χ0) is 23.3. The Morgan fingerprint density at radius 2 is 2.12 bits per heavy atom. The Morgan fingerprint density at radius 3 is 2.81 bits per heavy atom. The number of amides is 1. The zero-order valence-corrected chi connectivity index (χ0v) is 19.6. The molecule has 2 N–H and O–H groups in total. The molecule has 2 heterocycles. The third kappa shape index (κ3) is 9.75. The molecule has 0 radical (unpaired) electrons. The minimum absolute atomic E-state index is 0.00494. The van der Waals surface area contributed by atoms with Crippen molar-refractivity contribution in [2.75, 3.05) is 46.0 Å². The molecule has 32 heavy (non-hydrogen) atoms. The van der Waals surface area contributed by atoms with E-state index in [1.807, 2.05) is 30.5 Å². The molecule has 0 aliphatic carbocycles. The molecule has 0 aromatic carbocycles. The molecule has 180 valence electrons. The van der Waals surface area contributed by atoms with Gasteiger partial charge >= 0.3 is 0 Å². The van der Waals surface area contributed by atoms with Crippen molar-refractivity contribution >= 4 is 5.91 Å². The fourth-order valence-electron chi connectivity index (χ4n) is 3.45. The van der Waals surface area contributed by atoms with E-state index in [2.05, 4.69) is 23.7 Å². The van der Waals surface area contributed by atoms with E-state index in [-0.39, 0.29) is 19.1 Å². The molecule has 2 rings (SSSR count). The Kier molecular flexibility index (Phi) is 11.8. The highest BCUT2D eigenvalue weighted by Crippen LogP contribution is 2.12. The van der Waals surface area contributed by atoms with E-state index in [9.17, 15) is 15.0 Å². The smallest absolute Gasteiger partial charge is 0.219 e. The first-order valence-electron chi connectivity index (χ1n) is 11.4. The van der Waals surface area contributed by atoms with Crippen molar-refractivity contribution in [1.82, 2.24) is 14.8 Å². The van der Waals surface area contributed by atoms with Crippen LogP contribution in [0.25, 0.3) is 0 Å². The third-order valence-corrected chi connectivity index (χ3v) is 5.50. The van der Waals surface area contributed by atoms with Crippen molar-refractivity contribution in [1.29, 1.82) is 0 Å². The number of ether oxygens (including phenoxy) is 2. The standard InChI is InChI=1S/C24H39N3O5/c1-19(2)8-14-32-23-17-27(20(3)28)12-11-26(16-21-7-6-9-25-15-21)10-4-5-13-31-18-22(29)24(23)30/h4-7,9,15,19,22-24,29-30H,8,10-14,16-18H2,1-3H3/b5-4-/t22-,23-,24-/m0/s1. The Morgan fingerprint density at radius 1 is 1.31 bits per heavy atom. The third-order valence-electron chi connectivity index (χ3n) is 5.50. The van der Waals surface area contributed by atoms with Crippen molar-refractivity contribution in [3.8, 4) is 0 Å². The average Bonchev–Trinajstić information content (AvgIpc) is 2.76. The van der Waals surface area contributed by atoms with E-state index in [0.717, 1.165) is 12.0 Å². The number of aliphatic hydroxyl groups excluding tert-OH is 2. The van der Waals surface area contributed by atoms with E-state index in [0.29, 0.717) is 45.3 Å². The molecular weight excluding hydrogens is 410 g/mol. The van der Waals surface area contributed by atoms with Gasteiger partial charge in [0.1, 0.15) is 18.3 Å². The van der Waals surface area contributed by atoms with Crippen molar-refractivity contribution < 1.29 is 24.5 Å². The lowest BCUT2D eigenvalue weighted by Crippen LogP contribution is -2.50. The number of aliphatic hydroxyl groups is 2. The van der Waals surface area contributed by atoms with Crippen LogP contribution in [0.1, 0.15) is 32.8 Å². The van der Waals surface area contributed by atoms with E-state index in [1.54, 1.807) is 11.1 Å². The summed E-state index contributed by atoms with van der Waals surface area (Å²) in [4.78, 5) is 20.5. The lowest BCUT2D eigenvalue weighted by atomic mass is 10.1. The van der Waals surface area contributed by atoms with Gasteiger partial charge in [0, 0.05) is 58.6 Å². The first-order valence-corrected chi connectivity index (χ1v) is 11.4. The first-order chi connectivity index (χ1) is 15.4. The normalized spacial score (nSPS) is 25.4. The summed E-state index contributed by atoms with van der Waals surface area (Å²) in [7, 11) is 0. The number of pyridine rings is 1. The SMILES string of the molecule is CC(=O)N1CCN(Cc2cccnc2)C/C=C\COC[C@H](O)[C@H](O)[C@@H](OCCC(C)C)C1. The van der Waals surface area contributed by atoms with Crippen LogP contribution in [0, 0.1) is 5.92 Å². The van der Waals surface area contributed by atoms with E-state index >= 15 is 0 Å². The van der Waals surface area contributed by atoms with Gasteiger partial charge in [-0.2, -0.15) is 0 Å². The summed E-state index contributed by atoms with van der Waals surface area (Å²) in [6.45, 7) is 9.28. The van der Waals surface area contributed by atoms with Gasteiger partial charge in [-0.05, 0) is 24.0 Å². The molecule has 0 unspecified atom stereocenters. The van der Waals surface area contributed by atoms with Gasteiger partial charge in [-0.25, -0.2) is 0 Å². The summed E-state index contributed by atoms with van der Waals surface area (Å²) in [6, 6.07) is 3.95. The molecule has 0 bridgehead atoms. The number of hydrogen-bond acceptors (Lipinski definition) is 7. The van der Waals surface area contributed by atoms with Gasteiger partial charge in [0.25, 0.3) is 0 Å². The van der Waals surface area contributed by atoms with Crippen molar-refractivity contribution in [2.24, 2.45) is 5.92 Å². The number of rotatable bonds is 6. The highest BCUT2D eigenvalue weighted by molar-refractivity contribution is 5.73. The molecule has 0 spiro atoms. The summed E-state index contributed by atoms with van der Waals surface area (Å²) in [6.07, 6.45) is 5.41. The van der Waals surface area contributed by atoms with Gasteiger partial charge in [-0.15, -0.1) is 0 Å². The predicted molar refractivity (Wildman–Crippen MR) is 123 cm³/mol. The summed E-state index contributed by atoms with van der Waals surface area (Å²) >= 11 is 0. The molecule has 3 atom stereocenters. The fourth-order valence-corrected chi connectivity index (χ4v) is 3.45. The number of nitrogens with zero attached hydrogens (tertiary/aromatic N) is 3. The second-order valence-corrected chi connectivity index (χ2v) is 8.72. The Hall–Kier alpha value is -1.84. The van der Waals surface area contributed by atoms with Crippen molar-refractivity contribution in [2.45, 2.75) is 52.0 Å². The quantitative estimate of drug-likeness (QED) is 0.635. The van der Waals surface area contributed by atoms with Gasteiger partial charge in [0.05, 0.1) is 13.2 Å². The summed E-state index contributed by atoms with van der Waals surface area (Å²) in [5.41, 5.74) is 1.10. The van der Waals surface area contributed by atoms with Gasteiger partial charge < -0.3 is 24.6 Å².